The summed E-state index contributed by atoms with van der Waals surface area (Å²) in [6, 6.07) is 6.37. The van der Waals surface area contributed by atoms with E-state index in [0.29, 0.717) is 5.69 Å². The summed E-state index contributed by atoms with van der Waals surface area (Å²) in [5.74, 6) is 1.05. The van der Waals surface area contributed by atoms with Gasteiger partial charge in [-0.25, -0.2) is 0 Å². The minimum Gasteiger partial charge on any atom is -0.505 e. The Hall–Kier alpha value is -1.57. The molecule has 1 saturated carbocycles. The molecule has 0 aliphatic heterocycles. The van der Waals surface area contributed by atoms with E-state index in [0.717, 1.165) is 28.8 Å². The molecule has 0 bridgehead atoms. The van der Waals surface area contributed by atoms with Gasteiger partial charge in [-0.15, -0.1) is 0 Å². The van der Waals surface area contributed by atoms with Crippen LogP contribution >= 0.6 is 0 Å². The maximum Gasteiger partial charge on any atom is 0.144 e. The number of fused-ring (bicyclic) bond motifs is 1. The third-order valence-electron chi connectivity index (χ3n) is 4.55. The van der Waals surface area contributed by atoms with Crippen molar-refractivity contribution in [1.29, 1.82) is 0 Å². The summed E-state index contributed by atoms with van der Waals surface area (Å²) in [4.78, 5) is 4.33. The molecule has 0 atom stereocenters. The van der Waals surface area contributed by atoms with E-state index >= 15 is 0 Å². The zero-order valence-electron chi connectivity index (χ0n) is 12.2. The Morgan fingerprint density at radius 2 is 1.95 bits per heavy atom. The quantitative estimate of drug-likeness (QED) is 0.866. The molecule has 3 rings (SSSR count). The SMILES string of the molecule is [CH2]c1nc(C)c2cc(CC3CCCCC3)ccc2c1O. The molecule has 1 aliphatic carbocycles. The van der Waals surface area contributed by atoms with Crippen LogP contribution in [0.5, 0.6) is 5.75 Å². The van der Waals surface area contributed by atoms with Crippen molar-refractivity contribution < 1.29 is 5.11 Å². The van der Waals surface area contributed by atoms with Crippen LogP contribution in [-0.2, 0) is 6.42 Å². The van der Waals surface area contributed by atoms with Gasteiger partial charge in [-0.1, -0.05) is 44.2 Å². The second kappa shape index (κ2) is 5.43. The van der Waals surface area contributed by atoms with Gasteiger partial charge in [0.2, 0.25) is 0 Å². The van der Waals surface area contributed by atoms with E-state index in [2.05, 4.69) is 24.0 Å². The van der Waals surface area contributed by atoms with Crippen molar-refractivity contribution in [2.75, 3.05) is 0 Å². The van der Waals surface area contributed by atoms with Gasteiger partial charge in [-0.05, 0) is 37.8 Å². The molecular formula is C18H22NO. The summed E-state index contributed by atoms with van der Waals surface area (Å²) in [6.07, 6.45) is 8.03. The molecule has 1 N–H and O–H groups in total. The number of rotatable bonds is 2. The van der Waals surface area contributed by atoms with Gasteiger partial charge in [-0.2, -0.15) is 0 Å². The molecule has 0 spiro atoms. The zero-order valence-corrected chi connectivity index (χ0v) is 12.2. The molecule has 105 valence electrons. The Kier molecular flexibility index (Phi) is 3.64. The highest BCUT2D eigenvalue weighted by Crippen LogP contribution is 2.32. The summed E-state index contributed by atoms with van der Waals surface area (Å²) in [6.45, 7) is 5.77. The van der Waals surface area contributed by atoms with E-state index in [1.165, 1.54) is 37.7 Å². The van der Waals surface area contributed by atoms with Crippen molar-refractivity contribution in [2.24, 2.45) is 5.92 Å². The molecular weight excluding hydrogens is 246 g/mol. The lowest BCUT2D eigenvalue weighted by atomic mass is 9.84. The molecule has 2 aromatic rings. The van der Waals surface area contributed by atoms with Gasteiger partial charge in [-0.3, -0.25) is 4.98 Å². The second-order valence-electron chi connectivity index (χ2n) is 6.08. The van der Waals surface area contributed by atoms with Crippen LogP contribution in [0.2, 0.25) is 0 Å². The Labute approximate surface area is 120 Å². The first-order chi connectivity index (χ1) is 9.65. The number of pyridine rings is 1. The van der Waals surface area contributed by atoms with Gasteiger partial charge in [0, 0.05) is 16.5 Å². The average molecular weight is 268 g/mol. The summed E-state index contributed by atoms with van der Waals surface area (Å²) < 4.78 is 0. The third-order valence-corrected chi connectivity index (χ3v) is 4.55. The van der Waals surface area contributed by atoms with Crippen molar-refractivity contribution in [3.05, 3.63) is 42.1 Å². The second-order valence-corrected chi connectivity index (χ2v) is 6.08. The number of nitrogens with zero attached hydrogens (tertiary/aromatic N) is 1. The lowest BCUT2D eigenvalue weighted by Gasteiger charge is -2.21. The van der Waals surface area contributed by atoms with Crippen LogP contribution in [0.3, 0.4) is 0 Å². The molecule has 2 nitrogen and oxygen atoms in total. The molecule has 1 fully saturated rings. The van der Waals surface area contributed by atoms with E-state index in [4.69, 9.17) is 0 Å². The molecule has 1 aromatic heterocycles. The predicted octanol–water partition coefficient (Wildman–Crippen LogP) is 4.55. The van der Waals surface area contributed by atoms with Crippen molar-refractivity contribution in [3.8, 4) is 5.75 Å². The van der Waals surface area contributed by atoms with Gasteiger partial charge >= 0.3 is 0 Å². The summed E-state index contributed by atoms with van der Waals surface area (Å²) >= 11 is 0. The van der Waals surface area contributed by atoms with Gasteiger partial charge in [0.25, 0.3) is 0 Å². The molecule has 20 heavy (non-hydrogen) atoms. The Morgan fingerprint density at radius 1 is 1.20 bits per heavy atom. The van der Waals surface area contributed by atoms with E-state index < -0.39 is 0 Å². The molecule has 0 amide bonds. The first kappa shape index (κ1) is 13.4. The lowest BCUT2D eigenvalue weighted by Crippen LogP contribution is -2.09. The van der Waals surface area contributed by atoms with Crippen LogP contribution in [0.25, 0.3) is 10.8 Å². The van der Waals surface area contributed by atoms with E-state index in [9.17, 15) is 5.11 Å². The maximum absolute atomic E-state index is 10.1. The molecule has 1 aliphatic rings. The molecule has 1 aromatic carbocycles. The van der Waals surface area contributed by atoms with Crippen LogP contribution in [0.4, 0.5) is 0 Å². The maximum atomic E-state index is 10.1. The highest BCUT2D eigenvalue weighted by atomic mass is 16.3. The first-order valence-corrected chi connectivity index (χ1v) is 7.59. The largest absolute Gasteiger partial charge is 0.505 e. The van der Waals surface area contributed by atoms with Crippen molar-refractivity contribution >= 4 is 10.8 Å². The lowest BCUT2D eigenvalue weighted by molar-refractivity contribution is 0.357. The number of hydrogen-bond acceptors (Lipinski definition) is 2. The fourth-order valence-electron chi connectivity index (χ4n) is 3.42. The summed E-state index contributed by atoms with van der Waals surface area (Å²) in [5.41, 5.74) is 2.79. The van der Waals surface area contributed by atoms with Crippen LogP contribution in [-0.4, -0.2) is 10.1 Å². The highest BCUT2D eigenvalue weighted by molar-refractivity contribution is 5.91. The number of aromatic hydroxyl groups is 1. The van der Waals surface area contributed by atoms with Gasteiger partial charge in [0.15, 0.2) is 0 Å². The van der Waals surface area contributed by atoms with Gasteiger partial charge in [0.05, 0.1) is 5.69 Å². The number of benzene rings is 1. The van der Waals surface area contributed by atoms with Crippen molar-refractivity contribution in [2.45, 2.75) is 45.4 Å². The van der Waals surface area contributed by atoms with E-state index in [1.54, 1.807) is 0 Å². The van der Waals surface area contributed by atoms with Crippen LogP contribution in [0, 0.1) is 19.8 Å². The Balaban J connectivity index is 1.94. The van der Waals surface area contributed by atoms with Crippen LogP contribution < -0.4 is 0 Å². The topological polar surface area (TPSA) is 33.1 Å². The molecule has 0 saturated heterocycles. The number of hydrogen-bond donors (Lipinski definition) is 1. The van der Waals surface area contributed by atoms with Crippen LogP contribution in [0.1, 0.15) is 49.1 Å². The third kappa shape index (κ3) is 2.52. The zero-order chi connectivity index (χ0) is 14.1. The van der Waals surface area contributed by atoms with Crippen molar-refractivity contribution in [3.63, 3.8) is 0 Å². The minimum atomic E-state index is 0.217. The Morgan fingerprint density at radius 3 is 2.70 bits per heavy atom. The smallest absolute Gasteiger partial charge is 0.144 e. The normalized spacial score (nSPS) is 16.7. The number of aromatic nitrogens is 1. The fraction of sp³-hybridized carbons (Fsp3) is 0.444. The summed E-state index contributed by atoms with van der Waals surface area (Å²) in [7, 11) is 0. The number of aryl methyl sites for hydroxylation is 1. The Bertz CT molecular complexity index is 627. The monoisotopic (exact) mass is 268 g/mol. The first-order valence-electron chi connectivity index (χ1n) is 7.59. The van der Waals surface area contributed by atoms with E-state index in [1.807, 2.05) is 13.0 Å². The molecule has 2 heteroatoms. The highest BCUT2D eigenvalue weighted by Gasteiger charge is 2.15. The van der Waals surface area contributed by atoms with Crippen molar-refractivity contribution in [1.82, 2.24) is 4.98 Å². The minimum absolute atomic E-state index is 0.217. The average Bonchev–Trinajstić information content (AvgIpc) is 2.46. The summed E-state index contributed by atoms with van der Waals surface area (Å²) in [5, 5.41) is 12.0. The van der Waals surface area contributed by atoms with E-state index in [-0.39, 0.29) is 5.75 Å². The molecule has 1 radical (unpaired) electrons. The molecule has 0 unspecified atom stereocenters. The molecule has 1 heterocycles. The van der Waals surface area contributed by atoms with Crippen LogP contribution in [0.15, 0.2) is 18.2 Å². The predicted molar refractivity (Wildman–Crippen MR) is 82.9 cm³/mol. The van der Waals surface area contributed by atoms with Gasteiger partial charge in [0.1, 0.15) is 5.75 Å². The standard InChI is InChI=1S/C18H22NO/c1-12-17-11-15(10-14-6-4-3-5-7-14)8-9-16(17)18(20)13(2)19-12/h8-9,11,14,20H,2-7,10H2,1H3. The van der Waals surface area contributed by atoms with Gasteiger partial charge < -0.3 is 5.11 Å². The fourth-order valence-corrected chi connectivity index (χ4v) is 3.42.